The van der Waals surface area contributed by atoms with Crippen LogP contribution in [0, 0.1) is 0 Å². The summed E-state index contributed by atoms with van der Waals surface area (Å²) in [6.45, 7) is 6.27. The Morgan fingerprint density at radius 2 is 1.80 bits per heavy atom. The maximum Gasteiger partial charge on any atom is 0.321 e. The molecule has 0 bridgehead atoms. The summed E-state index contributed by atoms with van der Waals surface area (Å²) in [4.78, 5) is 57.3. The van der Waals surface area contributed by atoms with Crippen LogP contribution in [0.5, 0.6) is 0 Å². The minimum atomic E-state index is -0.386. The zero-order chi connectivity index (χ0) is 32.1. The van der Waals surface area contributed by atoms with E-state index >= 15 is 0 Å². The summed E-state index contributed by atoms with van der Waals surface area (Å²) >= 11 is 0. The first kappa shape index (κ1) is 31.2. The number of carbonyl (C=O) groups excluding carboxylic acids is 3. The molecule has 0 radical (unpaired) electrons. The van der Waals surface area contributed by atoms with Crippen molar-refractivity contribution in [2.24, 2.45) is 10.7 Å². The second kappa shape index (κ2) is 13.6. The van der Waals surface area contributed by atoms with Gasteiger partial charge in [0.25, 0.3) is 11.8 Å². The van der Waals surface area contributed by atoms with Crippen LogP contribution in [-0.2, 0) is 24.4 Å². The van der Waals surface area contributed by atoms with E-state index in [9.17, 15) is 14.4 Å². The summed E-state index contributed by atoms with van der Waals surface area (Å²) < 4.78 is 0. The summed E-state index contributed by atoms with van der Waals surface area (Å²) in [5.74, 6) is 0.212. The Balaban J connectivity index is 1.25. The highest BCUT2D eigenvalue weighted by atomic mass is 16.2. The van der Waals surface area contributed by atoms with Crippen molar-refractivity contribution in [1.82, 2.24) is 25.1 Å². The fourth-order valence-electron chi connectivity index (χ4n) is 5.22. The summed E-state index contributed by atoms with van der Waals surface area (Å²) in [7, 11) is 3.34. The van der Waals surface area contributed by atoms with E-state index < -0.39 is 0 Å². The number of hydrogen-bond acceptors (Lipinski definition) is 8. The molecule has 1 saturated heterocycles. The number of anilines is 2. The molecular weight excluding hydrogens is 570 g/mol. The highest BCUT2D eigenvalue weighted by Gasteiger charge is 2.28. The number of aromatic nitrogens is 2. The molecule has 12 heteroatoms. The predicted molar refractivity (Wildman–Crippen MR) is 174 cm³/mol. The predicted octanol–water partition coefficient (Wildman–Crippen LogP) is 3.31. The van der Waals surface area contributed by atoms with Crippen LogP contribution < -0.4 is 21.3 Å². The largest absolute Gasteiger partial charge is 0.394 e. The van der Waals surface area contributed by atoms with E-state index in [1.807, 2.05) is 49.1 Å². The lowest BCUT2D eigenvalue weighted by Gasteiger charge is -2.32. The van der Waals surface area contributed by atoms with E-state index in [1.165, 1.54) is 4.90 Å². The fourth-order valence-corrected chi connectivity index (χ4v) is 5.22. The highest BCUT2D eigenvalue weighted by molar-refractivity contribution is 6.09. The zero-order valence-electron chi connectivity index (χ0n) is 26.1. The number of benzene rings is 1. The molecule has 2 aliphatic heterocycles. The van der Waals surface area contributed by atoms with Gasteiger partial charge in [-0.2, -0.15) is 0 Å². The van der Waals surface area contributed by atoms with E-state index in [0.29, 0.717) is 55.2 Å². The number of amides is 4. The fraction of sp³-hybridized carbons (Fsp3) is 0.333. The van der Waals surface area contributed by atoms with Gasteiger partial charge < -0.3 is 31.1 Å². The number of nitrogens with one attached hydrogen (secondary N) is 2. The topological polar surface area (TPSA) is 149 Å². The average molecular weight is 610 g/mol. The standard InChI is InChI=1S/C33H39N9O3/c1-21(2)38-27-13-15-41(29-12-9-23(17-36-29)32(44)42-18-24-6-5-14-35-28(24)20-42)19-26(27)30(34)31(43)37-16-22-7-10-25(11-8-22)39-33(45)40(3)4/h5-12,14,17,21H,13,15-16,18-20,34H2,1-4H3,(H,37,43)(H,39,45)/b30-26-,38-27?. The maximum absolute atomic E-state index is 13.2. The molecule has 12 nitrogen and oxygen atoms in total. The maximum atomic E-state index is 13.2. The molecule has 2 aromatic heterocycles. The molecule has 4 heterocycles. The Bertz CT molecular complexity index is 1600. The van der Waals surface area contributed by atoms with Crippen LogP contribution in [0.25, 0.3) is 0 Å². The van der Waals surface area contributed by atoms with E-state index in [1.54, 1.807) is 49.6 Å². The first-order chi connectivity index (χ1) is 21.6. The minimum absolute atomic E-state index is 0.0410. The Hall–Kier alpha value is -5.26. The second-order valence-corrected chi connectivity index (χ2v) is 11.6. The van der Waals surface area contributed by atoms with E-state index in [2.05, 4.69) is 20.6 Å². The molecule has 0 spiro atoms. The normalized spacial score (nSPS) is 16.4. The van der Waals surface area contributed by atoms with Gasteiger partial charge in [-0.05, 0) is 55.3 Å². The molecule has 2 aliphatic rings. The van der Waals surface area contributed by atoms with Crippen molar-refractivity contribution >= 4 is 35.1 Å². The van der Waals surface area contributed by atoms with Crippen LogP contribution in [0.1, 0.15) is 47.4 Å². The number of nitrogens with two attached hydrogens (primary N) is 1. The third-order valence-corrected chi connectivity index (χ3v) is 7.66. The van der Waals surface area contributed by atoms with E-state index in [0.717, 1.165) is 22.5 Å². The SMILES string of the molecule is CC(C)N=C1CCN(c2ccc(C(=O)N3Cc4cccnc4C3)cn2)C/C1=C(/N)C(=O)NCc1ccc(NC(=O)N(C)C)cc1. The van der Waals surface area contributed by atoms with Crippen LogP contribution in [0.3, 0.4) is 0 Å². The van der Waals surface area contributed by atoms with Crippen molar-refractivity contribution in [3.05, 3.63) is 94.6 Å². The molecule has 234 valence electrons. The molecule has 3 aromatic rings. The smallest absolute Gasteiger partial charge is 0.321 e. The van der Waals surface area contributed by atoms with Crippen LogP contribution in [0.2, 0.25) is 0 Å². The molecule has 0 saturated carbocycles. The van der Waals surface area contributed by atoms with Gasteiger partial charge in [0.1, 0.15) is 11.5 Å². The number of rotatable bonds is 7. The van der Waals surface area contributed by atoms with Crippen LogP contribution in [-0.4, -0.2) is 76.6 Å². The number of pyridine rings is 2. The van der Waals surface area contributed by atoms with Crippen molar-refractivity contribution in [3.8, 4) is 0 Å². The number of piperidine rings is 1. The van der Waals surface area contributed by atoms with Gasteiger partial charge in [0.15, 0.2) is 0 Å². The van der Waals surface area contributed by atoms with Gasteiger partial charge in [-0.1, -0.05) is 18.2 Å². The quantitative estimate of drug-likeness (QED) is 0.348. The molecule has 0 unspecified atom stereocenters. The van der Waals surface area contributed by atoms with Gasteiger partial charge in [-0.15, -0.1) is 0 Å². The number of carbonyl (C=O) groups is 3. The molecule has 4 amide bonds. The number of aliphatic imine (C=N–C) groups is 1. The van der Waals surface area contributed by atoms with Gasteiger partial charge in [-0.3, -0.25) is 19.6 Å². The first-order valence-corrected chi connectivity index (χ1v) is 14.9. The van der Waals surface area contributed by atoms with Crippen molar-refractivity contribution in [3.63, 3.8) is 0 Å². The molecule has 0 atom stereocenters. The van der Waals surface area contributed by atoms with Crippen LogP contribution in [0.15, 0.2) is 77.2 Å². The Kier molecular flexibility index (Phi) is 9.41. The number of urea groups is 1. The zero-order valence-corrected chi connectivity index (χ0v) is 26.1. The van der Waals surface area contributed by atoms with Crippen molar-refractivity contribution in [2.75, 3.05) is 37.4 Å². The molecule has 4 N–H and O–H groups in total. The van der Waals surface area contributed by atoms with E-state index in [-0.39, 0.29) is 36.1 Å². The van der Waals surface area contributed by atoms with Gasteiger partial charge in [0.2, 0.25) is 0 Å². The second-order valence-electron chi connectivity index (χ2n) is 11.6. The summed E-state index contributed by atoms with van der Waals surface area (Å²) in [6, 6.07) is 14.5. The molecular formula is C33H39N9O3. The van der Waals surface area contributed by atoms with Crippen molar-refractivity contribution in [1.29, 1.82) is 0 Å². The summed E-state index contributed by atoms with van der Waals surface area (Å²) in [5.41, 5.74) is 12.1. The van der Waals surface area contributed by atoms with Gasteiger partial charge in [-0.25, -0.2) is 9.78 Å². The third kappa shape index (κ3) is 7.46. The minimum Gasteiger partial charge on any atom is -0.394 e. The third-order valence-electron chi connectivity index (χ3n) is 7.66. The van der Waals surface area contributed by atoms with Crippen molar-refractivity contribution < 1.29 is 14.4 Å². The van der Waals surface area contributed by atoms with Crippen LogP contribution in [0.4, 0.5) is 16.3 Å². The lowest BCUT2D eigenvalue weighted by molar-refractivity contribution is -0.117. The van der Waals surface area contributed by atoms with Gasteiger partial charge in [0.05, 0.1) is 17.8 Å². The summed E-state index contributed by atoms with van der Waals surface area (Å²) in [6.07, 6.45) is 3.94. The van der Waals surface area contributed by atoms with E-state index in [4.69, 9.17) is 10.7 Å². The average Bonchev–Trinajstić information content (AvgIpc) is 3.48. The summed E-state index contributed by atoms with van der Waals surface area (Å²) in [5, 5.41) is 5.69. The van der Waals surface area contributed by atoms with Crippen LogP contribution >= 0.6 is 0 Å². The lowest BCUT2D eigenvalue weighted by atomic mass is 9.99. The number of hydrogen-bond donors (Lipinski definition) is 3. The first-order valence-electron chi connectivity index (χ1n) is 14.9. The van der Waals surface area contributed by atoms with Gasteiger partial charge in [0, 0.05) is 82.1 Å². The highest BCUT2D eigenvalue weighted by Crippen LogP contribution is 2.25. The number of nitrogens with zero attached hydrogens (tertiary/aromatic N) is 6. The Labute approximate surface area is 263 Å². The Morgan fingerprint density at radius 1 is 1.02 bits per heavy atom. The molecule has 1 fully saturated rings. The van der Waals surface area contributed by atoms with Gasteiger partial charge >= 0.3 is 6.03 Å². The Morgan fingerprint density at radius 3 is 2.47 bits per heavy atom. The lowest BCUT2D eigenvalue weighted by Crippen LogP contribution is -2.40. The molecule has 45 heavy (non-hydrogen) atoms. The van der Waals surface area contributed by atoms with Crippen molar-refractivity contribution in [2.45, 2.75) is 45.9 Å². The monoisotopic (exact) mass is 609 g/mol. The molecule has 0 aliphatic carbocycles. The molecule has 5 rings (SSSR count). The molecule has 1 aromatic carbocycles. The number of fused-ring (bicyclic) bond motifs is 1.